The second-order valence-corrected chi connectivity index (χ2v) is 11.0. The fraction of sp³-hybridized carbons (Fsp3) is 0.500. The molecule has 0 saturated heterocycles. The third-order valence-corrected chi connectivity index (χ3v) is 6.91. The van der Waals surface area contributed by atoms with Crippen molar-refractivity contribution in [3.8, 4) is 23.0 Å². The SMILES string of the molecule is COc1cccc(CNC(=O)[C@H](CC(C)C)NC(=O)[C@@H](NC(=O)[C@H](C)NC(=O)c2cccc(OC)c2OC)C(C)C)c1OC. The molecule has 2 aromatic rings. The van der Waals surface area contributed by atoms with Crippen LogP contribution in [-0.2, 0) is 20.9 Å². The maximum atomic E-state index is 13.4. The molecule has 4 N–H and O–H groups in total. The lowest BCUT2D eigenvalue weighted by molar-refractivity contribution is -0.133. The van der Waals surface area contributed by atoms with Crippen molar-refractivity contribution in [1.29, 1.82) is 0 Å². The van der Waals surface area contributed by atoms with Gasteiger partial charge in [-0.3, -0.25) is 19.2 Å². The van der Waals surface area contributed by atoms with Crippen LogP contribution >= 0.6 is 0 Å². The van der Waals surface area contributed by atoms with Crippen LogP contribution in [0.15, 0.2) is 36.4 Å². The van der Waals surface area contributed by atoms with E-state index in [1.54, 1.807) is 44.2 Å². The minimum Gasteiger partial charge on any atom is -0.493 e. The number of amides is 4. The van der Waals surface area contributed by atoms with E-state index in [4.69, 9.17) is 18.9 Å². The first-order chi connectivity index (χ1) is 20.9. The minimum atomic E-state index is -0.986. The smallest absolute Gasteiger partial charge is 0.255 e. The van der Waals surface area contributed by atoms with E-state index < -0.39 is 35.8 Å². The lowest BCUT2D eigenvalue weighted by atomic mass is 9.99. The number of nitrogens with one attached hydrogen (secondary N) is 4. The van der Waals surface area contributed by atoms with Gasteiger partial charge < -0.3 is 40.2 Å². The zero-order valence-corrected chi connectivity index (χ0v) is 27.0. The molecule has 0 unspecified atom stereocenters. The molecule has 0 spiro atoms. The van der Waals surface area contributed by atoms with Crippen LogP contribution in [0.2, 0.25) is 0 Å². The zero-order chi connectivity index (χ0) is 33.0. The summed E-state index contributed by atoms with van der Waals surface area (Å²) in [5.41, 5.74) is 0.906. The van der Waals surface area contributed by atoms with Crippen LogP contribution < -0.4 is 40.2 Å². The summed E-state index contributed by atoms with van der Waals surface area (Å²) in [7, 11) is 5.93. The highest BCUT2D eigenvalue weighted by atomic mass is 16.5. The first-order valence-electron chi connectivity index (χ1n) is 14.5. The molecular formula is C32H46N4O8. The first kappa shape index (κ1) is 35.7. The van der Waals surface area contributed by atoms with Gasteiger partial charge in [-0.1, -0.05) is 45.9 Å². The number of carbonyl (C=O) groups is 4. The van der Waals surface area contributed by atoms with Crippen molar-refractivity contribution in [1.82, 2.24) is 21.3 Å². The van der Waals surface area contributed by atoms with Gasteiger partial charge in [0.1, 0.15) is 18.1 Å². The average molecular weight is 615 g/mol. The molecule has 0 heterocycles. The van der Waals surface area contributed by atoms with Crippen LogP contribution in [-0.4, -0.2) is 70.2 Å². The zero-order valence-electron chi connectivity index (χ0n) is 27.0. The summed E-state index contributed by atoms with van der Waals surface area (Å²) in [5.74, 6) is -0.574. The molecule has 0 radical (unpaired) electrons. The minimum absolute atomic E-state index is 0.0910. The summed E-state index contributed by atoms with van der Waals surface area (Å²) in [6, 6.07) is 7.40. The molecule has 44 heavy (non-hydrogen) atoms. The number of rotatable bonds is 16. The maximum Gasteiger partial charge on any atom is 0.255 e. The Labute approximate surface area is 259 Å². The first-order valence-corrected chi connectivity index (χ1v) is 14.5. The van der Waals surface area contributed by atoms with Crippen LogP contribution in [0.25, 0.3) is 0 Å². The predicted molar refractivity (Wildman–Crippen MR) is 166 cm³/mol. The summed E-state index contributed by atoms with van der Waals surface area (Å²) in [6.45, 7) is 9.12. The van der Waals surface area contributed by atoms with E-state index >= 15 is 0 Å². The molecule has 0 aliphatic heterocycles. The third-order valence-electron chi connectivity index (χ3n) is 6.91. The van der Waals surface area contributed by atoms with Gasteiger partial charge in [0.2, 0.25) is 17.7 Å². The van der Waals surface area contributed by atoms with Gasteiger partial charge in [0.25, 0.3) is 5.91 Å². The molecule has 12 heteroatoms. The van der Waals surface area contributed by atoms with E-state index in [0.717, 1.165) is 0 Å². The topological polar surface area (TPSA) is 153 Å². The van der Waals surface area contributed by atoms with Gasteiger partial charge >= 0.3 is 0 Å². The standard InChI is InChI=1S/C32H46N4O8/c1-18(2)16-23(31(39)33-17-21-12-10-14-24(41-6)27(21)43-8)35-32(40)26(19(3)4)36-29(37)20(5)34-30(38)22-13-11-15-25(42-7)28(22)44-9/h10-15,18-20,23,26H,16-17H2,1-9H3,(H,33,39)(H,34,38)(H,35,40)(H,36,37)/t20-,23-,26-/m0/s1. The second-order valence-electron chi connectivity index (χ2n) is 11.0. The summed E-state index contributed by atoms with van der Waals surface area (Å²) < 4.78 is 21.4. The highest BCUT2D eigenvalue weighted by Gasteiger charge is 2.31. The Morgan fingerprint density at radius 3 is 1.82 bits per heavy atom. The predicted octanol–water partition coefficient (Wildman–Crippen LogP) is 2.83. The lowest BCUT2D eigenvalue weighted by Crippen LogP contribution is -2.58. The molecule has 3 atom stereocenters. The maximum absolute atomic E-state index is 13.4. The number of hydrogen-bond donors (Lipinski definition) is 4. The lowest BCUT2D eigenvalue weighted by Gasteiger charge is -2.27. The Morgan fingerprint density at radius 1 is 0.682 bits per heavy atom. The molecule has 2 rings (SSSR count). The van der Waals surface area contributed by atoms with E-state index in [0.29, 0.717) is 29.2 Å². The molecule has 2 aromatic carbocycles. The summed E-state index contributed by atoms with van der Waals surface area (Å²) in [4.78, 5) is 52.8. The number of carbonyl (C=O) groups excluding carboxylic acids is 4. The van der Waals surface area contributed by atoms with E-state index in [1.807, 2.05) is 19.9 Å². The van der Waals surface area contributed by atoms with Crippen LogP contribution in [0.5, 0.6) is 23.0 Å². The summed E-state index contributed by atoms with van der Waals surface area (Å²) in [5, 5.41) is 11.1. The quantitative estimate of drug-likeness (QED) is 0.225. The van der Waals surface area contributed by atoms with Crippen molar-refractivity contribution in [3.63, 3.8) is 0 Å². The number of hydrogen-bond acceptors (Lipinski definition) is 8. The molecular weight excluding hydrogens is 568 g/mol. The van der Waals surface area contributed by atoms with Crippen molar-refractivity contribution in [3.05, 3.63) is 47.5 Å². The van der Waals surface area contributed by atoms with Gasteiger partial charge in [0, 0.05) is 12.1 Å². The molecule has 0 aliphatic rings. The number of para-hydroxylation sites is 2. The third kappa shape index (κ3) is 9.51. The summed E-state index contributed by atoms with van der Waals surface area (Å²) >= 11 is 0. The Morgan fingerprint density at radius 2 is 1.27 bits per heavy atom. The molecule has 0 bridgehead atoms. The van der Waals surface area contributed by atoms with Gasteiger partial charge in [-0.25, -0.2) is 0 Å². The van der Waals surface area contributed by atoms with Crippen LogP contribution in [0.1, 0.15) is 57.0 Å². The average Bonchev–Trinajstić information content (AvgIpc) is 3.00. The monoisotopic (exact) mass is 614 g/mol. The van der Waals surface area contributed by atoms with Crippen molar-refractivity contribution < 1.29 is 38.1 Å². The number of methoxy groups -OCH3 is 4. The highest BCUT2D eigenvalue weighted by molar-refractivity contribution is 6.01. The van der Waals surface area contributed by atoms with E-state index in [1.165, 1.54) is 35.4 Å². The van der Waals surface area contributed by atoms with Gasteiger partial charge in [0.05, 0.1) is 34.0 Å². The largest absolute Gasteiger partial charge is 0.493 e. The normalized spacial score (nSPS) is 12.9. The molecule has 242 valence electrons. The van der Waals surface area contributed by atoms with E-state index in [9.17, 15) is 19.2 Å². The highest BCUT2D eigenvalue weighted by Crippen LogP contribution is 2.31. The Kier molecular flexibility index (Phi) is 13.8. The van der Waals surface area contributed by atoms with Crippen LogP contribution in [0, 0.1) is 11.8 Å². The Balaban J connectivity index is 2.12. The molecule has 12 nitrogen and oxygen atoms in total. The molecule has 0 saturated carbocycles. The van der Waals surface area contributed by atoms with Crippen LogP contribution in [0.4, 0.5) is 0 Å². The van der Waals surface area contributed by atoms with Crippen molar-refractivity contribution in [2.75, 3.05) is 28.4 Å². The number of benzene rings is 2. The Hall–Kier alpha value is -4.48. The van der Waals surface area contributed by atoms with Crippen molar-refractivity contribution in [2.45, 2.75) is 65.7 Å². The second kappa shape index (κ2) is 17.0. The molecule has 0 aromatic heterocycles. The van der Waals surface area contributed by atoms with Crippen LogP contribution in [0.3, 0.4) is 0 Å². The van der Waals surface area contributed by atoms with Gasteiger partial charge in [0.15, 0.2) is 23.0 Å². The van der Waals surface area contributed by atoms with Gasteiger partial charge in [-0.2, -0.15) is 0 Å². The van der Waals surface area contributed by atoms with Crippen molar-refractivity contribution >= 4 is 23.6 Å². The van der Waals surface area contributed by atoms with Gasteiger partial charge in [-0.05, 0) is 43.4 Å². The van der Waals surface area contributed by atoms with Gasteiger partial charge in [-0.15, -0.1) is 0 Å². The molecule has 0 aliphatic carbocycles. The summed E-state index contributed by atoms with van der Waals surface area (Å²) in [6.07, 6.45) is 0.375. The molecule has 4 amide bonds. The van der Waals surface area contributed by atoms with E-state index in [-0.39, 0.29) is 35.6 Å². The fourth-order valence-corrected chi connectivity index (χ4v) is 4.58. The fourth-order valence-electron chi connectivity index (χ4n) is 4.58. The number of ether oxygens (including phenoxy) is 4. The molecule has 0 fully saturated rings. The Bertz CT molecular complexity index is 1300. The van der Waals surface area contributed by atoms with E-state index in [2.05, 4.69) is 21.3 Å². The van der Waals surface area contributed by atoms with Crippen molar-refractivity contribution in [2.24, 2.45) is 11.8 Å².